The van der Waals surface area contributed by atoms with Crippen molar-refractivity contribution in [1.82, 2.24) is 10.3 Å². The van der Waals surface area contributed by atoms with E-state index in [-0.39, 0.29) is 0 Å². The molecule has 0 amide bonds. The van der Waals surface area contributed by atoms with E-state index in [4.69, 9.17) is 4.74 Å². The summed E-state index contributed by atoms with van der Waals surface area (Å²) in [7, 11) is 0. The summed E-state index contributed by atoms with van der Waals surface area (Å²) in [4.78, 5) is 4.20. The summed E-state index contributed by atoms with van der Waals surface area (Å²) < 4.78 is 5.41. The molecule has 0 radical (unpaired) electrons. The average Bonchev–Trinajstić information content (AvgIpc) is 2.29. The predicted molar refractivity (Wildman–Crippen MR) is 66.5 cm³/mol. The van der Waals surface area contributed by atoms with Crippen LogP contribution < -0.4 is 5.32 Å². The van der Waals surface area contributed by atoms with Gasteiger partial charge in [-0.15, -0.1) is 0 Å². The summed E-state index contributed by atoms with van der Waals surface area (Å²) in [6.45, 7) is 8.82. The Balaban J connectivity index is 2.65. The van der Waals surface area contributed by atoms with Gasteiger partial charge in [0.05, 0.1) is 0 Å². The van der Waals surface area contributed by atoms with Crippen LogP contribution in [0.2, 0.25) is 0 Å². The Hall–Kier alpha value is -0.930. The van der Waals surface area contributed by atoms with Crippen LogP contribution in [0, 0.1) is 6.92 Å². The fraction of sp³-hybridized carbons (Fsp3) is 0.615. The molecule has 1 N–H and O–H groups in total. The molecular formula is C13H22N2O. The van der Waals surface area contributed by atoms with Gasteiger partial charge in [0, 0.05) is 31.6 Å². The van der Waals surface area contributed by atoms with Crippen molar-refractivity contribution in [3.05, 3.63) is 29.6 Å². The third-order valence-corrected chi connectivity index (χ3v) is 2.66. The van der Waals surface area contributed by atoms with Gasteiger partial charge >= 0.3 is 0 Å². The SMILES string of the molecule is CCNC(CCOCC)c1cnccc1C. The molecular weight excluding hydrogens is 200 g/mol. The number of hydrogen-bond donors (Lipinski definition) is 1. The van der Waals surface area contributed by atoms with Gasteiger partial charge in [-0.05, 0) is 44.0 Å². The number of rotatable bonds is 7. The summed E-state index contributed by atoms with van der Waals surface area (Å²) in [6.07, 6.45) is 4.78. The lowest BCUT2D eigenvalue weighted by Crippen LogP contribution is -2.23. The van der Waals surface area contributed by atoms with Crippen LogP contribution in [0.5, 0.6) is 0 Å². The molecule has 0 aromatic carbocycles. The molecule has 90 valence electrons. The Bertz CT molecular complexity index is 302. The molecule has 3 nitrogen and oxygen atoms in total. The number of pyridine rings is 1. The normalized spacial score (nSPS) is 12.7. The second kappa shape index (κ2) is 7.36. The number of ether oxygens (including phenoxy) is 1. The Morgan fingerprint density at radius 1 is 1.44 bits per heavy atom. The summed E-state index contributed by atoms with van der Waals surface area (Å²) in [5.74, 6) is 0. The van der Waals surface area contributed by atoms with Gasteiger partial charge in [0.25, 0.3) is 0 Å². The summed E-state index contributed by atoms with van der Waals surface area (Å²) in [6, 6.07) is 2.41. The zero-order valence-corrected chi connectivity index (χ0v) is 10.5. The molecule has 1 aromatic rings. The van der Waals surface area contributed by atoms with Crippen molar-refractivity contribution in [1.29, 1.82) is 0 Å². The molecule has 1 atom stereocenters. The number of hydrogen-bond acceptors (Lipinski definition) is 3. The van der Waals surface area contributed by atoms with Crippen LogP contribution in [0.3, 0.4) is 0 Å². The fourth-order valence-electron chi connectivity index (χ4n) is 1.80. The highest BCUT2D eigenvalue weighted by Gasteiger charge is 2.12. The Kier molecular flexibility index (Phi) is 6.04. The Morgan fingerprint density at radius 2 is 2.25 bits per heavy atom. The molecule has 0 saturated carbocycles. The third-order valence-electron chi connectivity index (χ3n) is 2.66. The summed E-state index contributed by atoms with van der Waals surface area (Å²) in [5.41, 5.74) is 2.57. The highest BCUT2D eigenvalue weighted by atomic mass is 16.5. The van der Waals surface area contributed by atoms with Gasteiger partial charge in [-0.1, -0.05) is 6.92 Å². The molecule has 0 saturated heterocycles. The second-order valence-corrected chi connectivity index (χ2v) is 3.83. The first-order valence-corrected chi connectivity index (χ1v) is 6.01. The van der Waals surface area contributed by atoms with Crippen molar-refractivity contribution in [3.63, 3.8) is 0 Å². The quantitative estimate of drug-likeness (QED) is 0.720. The average molecular weight is 222 g/mol. The topological polar surface area (TPSA) is 34.1 Å². The maximum absolute atomic E-state index is 5.41. The number of nitrogens with zero attached hydrogens (tertiary/aromatic N) is 1. The molecule has 1 rings (SSSR count). The van der Waals surface area contributed by atoms with Crippen LogP contribution in [0.15, 0.2) is 18.5 Å². The van der Waals surface area contributed by atoms with E-state index >= 15 is 0 Å². The predicted octanol–water partition coefficient (Wildman–Crippen LogP) is 2.47. The first-order valence-electron chi connectivity index (χ1n) is 6.01. The van der Waals surface area contributed by atoms with Crippen LogP contribution in [0.25, 0.3) is 0 Å². The maximum atomic E-state index is 5.41. The highest BCUT2D eigenvalue weighted by Crippen LogP contribution is 2.19. The van der Waals surface area contributed by atoms with Crippen LogP contribution in [0.1, 0.15) is 37.4 Å². The van der Waals surface area contributed by atoms with Gasteiger partial charge in [-0.2, -0.15) is 0 Å². The van der Waals surface area contributed by atoms with E-state index in [1.54, 1.807) is 0 Å². The zero-order valence-electron chi connectivity index (χ0n) is 10.5. The number of aromatic nitrogens is 1. The maximum Gasteiger partial charge on any atom is 0.0484 e. The van der Waals surface area contributed by atoms with Crippen molar-refractivity contribution < 1.29 is 4.74 Å². The molecule has 1 aromatic heterocycles. The van der Waals surface area contributed by atoms with E-state index in [1.165, 1.54) is 11.1 Å². The van der Waals surface area contributed by atoms with E-state index < -0.39 is 0 Å². The minimum absolute atomic E-state index is 0.352. The number of nitrogens with one attached hydrogen (secondary N) is 1. The van der Waals surface area contributed by atoms with Gasteiger partial charge in [0.15, 0.2) is 0 Å². The van der Waals surface area contributed by atoms with E-state index in [0.29, 0.717) is 6.04 Å². The molecule has 0 bridgehead atoms. The fourth-order valence-corrected chi connectivity index (χ4v) is 1.80. The lowest BCUT2D eigenvalue weighted by atomic mass is 10.0. The van der Waals surface area contributed by atoms with Crippen molar-refractivity contribution in [3.8, 4) is 0 Å². The molecule has 0 aliphatic rings. The molecule has 3 heteroatoms. The van der Waals surface area contributed by atoms with E-state index in [2.05, 4.69) is 30.2 Å². The minimum Gasteiger partial charge on any atom is -0.382 e. The smallest absolute Gasteiger partial charge is 0.0484 e. The zero-order chi connectivity index (χ0) is 11.8. The Morgan fingerprint density at radius 3 is 2.88 bits per heavy atom. The summed E-state index contributed by atoms with van der Waals surface area (Å²) in [5, 5.41) is 3.48. The van der Waals surface area contributed by atoms with E-state index in [9.17, 15) is 0 Å². The largest absolute Gasteiger partial charge is 0.382 e. The second-order valence-electron chi connectivity index (χ2n) is 3.83. The molecule has 1 heterocycles. The van der Waals surface area contributed by atoms with Crippen LogP contribution in [0.4, 0.5) is 0 Å². The monoisotopic (exact) mass is 222 g/mol. The lowest BCUT2D eigenvalue weighted by molar-refractivity contribution is 0.136. The van der Waals surface area contributed by atoms with Gasteiger partial charge in [0.1, 0.15) is 0 Å². The van der Waals surface area contributed by atoms with Gasteiger partial charge in [0.2, 0.25) is 0 Å². The van der Waals surface area contributed by atoms with E-state index in [1.807, 2.05) is 19.3 Å². The van der Waals surface area contributed by atoms with Crippen LogP contribution in [-0.4, -0.2) is 24.7 Å². The van der Waals surface area contributed by atoms with Crippen molar-refractivity contribution in [2.24, 2.45) is 0 Å². The summed E-state index contributed by atoms with van der Waals surface area (Å²) >= 11 is 0. The molecule has 0 spiro atoms. The first-order chi connectivity index (χ1) is 7.79. The van der Waals surface area contributed by atoms with Gasteiger partial charge < -0.3 is 10.1 Å². The minimum atomic E-state index is 0.352. The third kappa shape index (κ3) is 3.91. The lowest BCUT2D eigenvalue weighted by Gasteiger charge is -2.19. The van der Waals surface area contributed by atoms with Crippen molar-refractivity contribution in [2.45, 2.75) is 33.2 Å². The van der Waals surface area contributed by atoms with Gasteiger partial charge in [-0.3, -0.25) is 4.98 Å². The van der Waals surface area contributed by atoms with Gasteiger partial charge in [-0.25, -0.2) is 0 Å². The molecule has 0 aliphatic heterocycles. The standard InChI is InChI=1S/C13H22N2O/c1-4-15-13(7-9-16-5-2)12-10-14-8-6-11(12)3/h6,8,10,13,15H,4-5,7,9H2,1-3H3. The van der Waals surface area contributed by atoms with Crippen LogP contribution in [-0.2, 0) is 4.74 Å². The first kappa shape index (κ1) is 13.1. The highest BCUT2D eigenvalue weighted by molar-refractivity contribution is 5.24. The number of aryl methyl sites for hydroxylation is 1. The molecule has 0 fully saturated rings. The molecule has 0 aliphatic carbocycles. The van der Waals surface area contributed by atoms with Crippen molar-refractivity contribution in [2.75, 3.05) is 19.8 Å². The molecule has 16 heavy (non-hydrogen) atoms. The Labute approximate surface area is 98.2 Å². The molecule has 1 unspecified atom stereocenters. The van der Waals surface area contributed by atoms with Crippen molar-refractivity contribution >= 4 is 0 Å². The van der Waals surface area contributed by atoms with E-state index in [0.717, 1.165) is 26.2 Å². The van der Waals surface area contributed by atoms with Crippen LogP contribution >= 0.6 is 0 Å².